The lowest BCUT2D eigenvalue weighted by atomic mass is 9.97. The number of nitrogens with zero attached hydrogens (tertiary/aromatic N) is 3. The molecule has 0 aliphatic carbocycles. The lowest BCUT2D eigenvalue weighted by molar-refractivity contribution is 0.274. The molecule has 1 N–H and O–H groups in total. The van der Waals surface area contributed by atoms with Crippen molar-refractivity contribution in [2.45, 2.75) is 52.6 Å². The van der Waals surface area contributed by atoms with Crippen molar-refractivity contribution in [3.8, 4) is 5.69 Å². The molecular formula is C16H23N3O. The molecule has 0 radical (unpaired) electrons. The monoisotopic (exact) mass is 273 g/mol. The van der Waals surface area contributed by atoms with Gasteiger partial charge in [-0.15, -0.1) is 5.10 Å². The van der Waals surface area contributed by atoms with Gasteiger partial charge in [0.05, 0.1) is 18.0 Å². The lowest BCUT2D eigenvalue weighted by Crippen LogP contribution is -2.10. The van der Waals surface area contributed by atoms with Gasteiger partial charge in [0.15, 0.2) is 0 Å². The van der Waals surface area contributed by atoms with Gasteiger partial charge in [-0.25, -0.2) is 4.68 Å². The van der Waals surface area contributed by atoms with E-state index in [2.05, 4.69) is 43.2 Å². The Morgan fingerprint density at radius 3 is 2.45 bits per heavy atom. The van der Waals surface area contributed by atoms with Gasteiger partial charge < -0.3 is 5.11 Å². The van der Waals surface area contributed by atoms with Gasteiger partial charge >= 0.3 is 0 Å². The summed E-state index contributed by atoms with van der Waals surface area (Å²) >= 11 is 0. The average molecular weight is 273 g/mol. The molecule has 0 spiro atoms. The summed E-state index contributed by atoms with van der Waals surface area (Å²) in [7, 11) is 0. The van der Waals surface area contributed by atoms with Crippen LogP contribution in [0.25, 0.3) is 5.69 Å². The molecule has 0 aliphatic heterocycles. The first kappa shape index (κ1) is 14.7. The van der Waals surface area contributed by atoms with Crippen molar-refractivity contribution in [2.75, 3.05) is 0 Å². The topological polar surface area (TPSA) is 50.9 Å². The number of benzene rings is 1. The Kier molecular flexibility index (Phi) is 4.90. The maximum atomic E-state index is 9.53. The molecule has 0 unspecified atom stereocenters. The van der Waals surface area contributed by atoms with E-state index >= 15 is 0 Å². The standard InChI is InChI=1S/C16H23N3O/c1-4-12(5-2)16-14(11-20)17-18-19(16)15-10-8-7-9-13(15)6-3/h7-10,12,20H,4-6,11H2,1-3H3. The molecule has 20 heavy (non-hydrogen) atoms. The predicted molar refractivity (Wildman–Crippen MR) is 80.0 cm³/mol. The molecule has 0 saturated heterocycles. The highest BCUT2D eigenvalue weighted by Crippen LogP contribution is 2.28. The van der Waals surface area contributed by atoms with Gasteiger partial charge in [0, 0.05) is 5.92 Å². The van der Waals surface area contributed by atoms with Gasteiger partial charge in [0.1, 0.15) is 5.69 Å². The Bertz CT molecular complexity index is 559. The SMILES string of the molecule is CCc1ccccc1-n1nnc(CO)c1C(CC)CC. The van der Waals surface area contributed by atoms with Gasteiger partial charge in [-0.3, -0.25) is 0 Å². The molecule has 1 aromatic heterocycles. The van der Waals surface area contributed by atoms with Crippen LogP contribution in [-0.2, 0) is 13.0 Å². The van der Waals surface area contributed by atoms with E-state index in [0.29, 0.717) is 11.6 Å². The Morgan fingerprint density at radius 1 is 1.15 bits per heavy atom. The first-order valence-corrected chi connectivity index (χ1v) is 7.40. The Hall–Kier alpha value is -1.68. The van der Waals surface area contributed by atoms with Crippen LogP contribution in [0.15, 0.2) is 24.3 Å². The largest absolute Gasteiger partial charge is 0.390 e. The highest BCUT2D eigenvalue weighted by molar-refractivity contribution is 5.42. The molecule has 2 aromatic rings. The maximum absolute atomic E-state index is 9.53. The van der Waals surface area contributed by atoms with Crippen molar-refractivity contribution in [2.24, 2.45) is 0 Å². The van der Waals surface area contributed by atoms with E-state index in [1.54, 1.807) is 0 Å². The third-order valence-electron chi connectivity index (χ3n) is 3.90. The summed E-state index contributed by atoms with van der Waals surface area (Å²) in [6.07, 6.45) is 2.99. The van der Waals surface area contributed by atoms with E-state index in [4.69, 9.17) is 0 Å². The first-order valence-electron chi connectivity index (χ1n) is 7.40. The number of aryl methyl sites for hydroxylation is 1. The van der Waals surface area contributed by atoms with Crippen molar-refractivity contribution in [1.29, 1.82) is 0 Å². The molecule has 108 valence electrons. The predicted octanol–water partition coefficient (Wildman–Crippen LogP) is 3.23. The van der Waals surface area contributed by atoms with Gasteiger partial charge in [-0.05, 0) is 30.9 Å². The van der Waals surface area contributed by atoms with Crippen LogP contribution in [0, 0.1) is 0 Å². The van der Waals surface area contributed by atoms with E-state index in [-0.39, 0.29) is 6.61 Å². The number of aromatic nitrogens is 3. The average Bonchev–Trinajstić information content (AvgIpc) is 2.92. The third-order valence-corrected chi connectivity index (χ3v) is 3.90. The number of rotatable bonds is 6. The van der Waals surface area contributed by atoms with Crippen LogP contribution in [0.3, 0.4) is 0 Å². The molecule has 1 heterocycles. The van der Waals surface area contributed by atoms with E-state index < -0.39 is 0 Å². The molecule has 0 bridgehead atoms. The number of hydrogen-bond donors (Lipinski definition) is 1. The number of hydrogen-bond acceptors (Lipinski definition) is 3. The second-order valence-corrected chi connectivity index (χ2v) is 4.99. The zero-order valence-corrected chi connectivity index (χ0v) is 12.5. The molecule has 0 saturated carbocycles. The summed E-state index contributed by atoms with van der Waals surface area (Å²) < 4.78 is 1.92. The van der Waals surface area contributed by atoms with Crippen LogP contribution < -0.4 is 0 Å². The van der Waals surface area contributed by atoms with Crippen LogP contribution in [0.5, 0.6) is 0 Å². The molecule has 0 amide bonds. The van der Waals surface area contributed by atoms with Gasteiger partial charge in [0.25, 0.3) is 0 Å². The number of aliphatic hydroxyl groups excluding tert-OH is 1. The molecule has 2 rings (SSSR count). The number of aliphatic hydroxyl groups is 1. The van der Waals surface area contributed by atoms with Crippen molar-refractivity contribution < 1.29 is 5.11 Å². The van der Waals surface area contributed by atoms with Crippen LogP contribution in [0.1, 0.15) is 56.5 Å². The van der Waals surface area contributed by atoms with Gasteiger partial charge in [-0.2, -0.15) is 0 Å². The minimum atomic E-state index is -0.0554. The third kappa shape index (κ3) is 2.61. The Morgan fingerprint density at radius 2 is 1.85 bits per heavy atom. The second kappa shape index (κ2) is 6.66. The molecule has 0 aliphatic rings. The fourth-order valence-corrected chi connectivity index (χ4v) is 2.71. The zero-order chi connectivity index (χ0) is 14.5. The summed E-state index contributed by atoms with van der Waals surface area (Å²) in [6, 6.07) is 8.25. The van der Waals surface area contributed by atoms with Crippen LogP contribution in [-0.4, -0.2) is 20.1 Å². The smallest absolute Gasteiger partial charge is 0.112 e. The fourth-order valence-electron chi connectivity index (χ4n) is 2.71. The second-order valence-electron chi connectivity index (χ2n) is 4.99. The van der Waals surface area contributed by atoms with Gasteiger partial charge in [-0.1, -0.05) is 44.2 Å². The Balaban J connectivity index is 2.59. The minimum Gasteiger partial charge on any atom is -0.390 e. The van der Waals surface area contributed by atoms with E-state index in [9.17, 15) is 5.11 Å². The van der Waals surface area contributed by atoms with Crippen LogP contribution in [0.4, 0.5) is 0 Å². The molecule has 0 atom stereocenters. The minimum absolute atomic E-state index is 0.0554. The number of para-hydroxylation sites is 1. The first-order chi connectivity index (χ1) is 9.76. The van der Waals surface area contributed by atoms with E-state index in [1.807, 2.05) is 16.8 Å². The van der Waals surface area contributed by atoms with E-state index in [1.165, 1.54) is 5.56 Å². The van der Waals surface area contributed by atoms with Gasteiger partial charge in [0.2, 0.25) is 0 Å². The summed E-state index contributed by atoms with van der Waals surface area (Å²) in [5, 5.41) is 18.0. The van der Waals surface area contributed by atoms with Crippen LogP contribution >= 0.6 is 0 Å². The molecular weight excluding hydrogens is 250 g/mol. The summed E-state index contributed by atoms with van der Waals surface area (Å²) in [6.45, 7) is 6.41. The summed E-state index contributed by atoms with van der Waals surface area (Å²) in [5.74, 6) is 0.372. The molecule has 1 aromatic carbocycles. The van der Waals surface area contributed by atoms with E-state index in [0.717, 1.165) is 30.6 Å². The lowest BCUT2D eigenvalue weighted by Gasteiger charge is -2.17. The quantitative estimate of drug-likeness (QED) is 0.879. The van der Waals surface area contributed by atoms with Crippen molar-refractivity contribution in [3.05, 3.63) is 41.2 Å². The zero-order valence-electron chi connectivity index (χ0n) is 12.5. The highest BCUT2D eigenvalue weighted by Gasteiger charge is 2.21. The fraction of sp³-hybridized carbons (Fsp3) is 0.500. The van der Waals surface area contributed by atoms with Crippen LogP contribution in [0.2, 0.25) is 0 Å². The van der Waals surface area contributed by atoms with Crippen molar-refractivity contribution >= 4 is 0 Å². The highest BCUT2D eigenvalue weighted by atomic mass is 16.3. The summed E-state index contributed by atoms with van der Waals surface area (Å²) in [4.78, 5) is 0. The molecule has 4 heteroatoms. The Labute approximate surface area is 120 Å². The van der Waals surface area contributed by atoms with Crippen molar-refractivity contribution in [1.82, 2.24) is 15.0 Å². The van der Waals surface area contributed by atoms with Crippen molar-refractivity contribution in [3.63, 3.8) is 0 Å². The molecule has 4 nitrogen and oxygen atoms in total. The normalized spacial score (nSPS) is 11.2. The summed E-state index contributed by atoms with van der Waals surface area (Å²) in [5.41, 5.74) is 4.07. The maximum Gasteiger partial charge on any atom is 0.112 e. The molecule has 0 fully saturated rings.